The number of anilines is 1. The van der Waals surface area contributed by atoms with E-state index in [1.165, 1.54) is 0 Å². The number of para-hydroxylation sites is 1. The van der Waals surface area contributed by atoms with Gasteiger partial charge < -0.3 is 9.73 Å². The molecule has 0 aliphatic heterocycles. The lowest BCUT2D eigenvalue weighted by Gasteiger charge is -2.01. The van der Waals surface area contributed by atoms with Crippen molar-refractivity contribution in [3.05, 3.63) is 30.0 Å². The normalized spacial score (nSPS) is 10.5. The minimum Gasteiger partial charge on any atom is -0.443 e. The third kappa shape index (κ3) is 1.95. The predicted molar refractivity (Wildman–Crippen MR) is 55.6 cm³/mol. The summed E-state index contributed by atoms with van der Waals surface area (Å²) in [5, 5.41) is 11.2. The molecule has 0 saturated carbocycles. The molecule has 0 bridgehead atoms. The summed E-state index contributed by atoms with van der Waals surface area (Å²) in [6.45, 7) is 0. The minimum absolute atomic E-state index is 0.0200. The van der Waals surface area contributed by atoms with Gasteiger partial charge in [-0.15, -0.1) is 0 Å². The maximum Gasteiger partial charge on any atom is 0.315 e. The van der Waals surface area contributed by atoms with Crippen molar-refractivity contribution in [2.45, 2.75) is 6.43 Å². The Morgan fingerprint density at radius 2 is 2.12 bits per heavy atom. The van der Waals surface area contributed by atoms with Crippen molar-refractivity contribution >= 4 is 22.6 Å². The van der Waals surface area contributed by atoms with Crippen LogP contribution in [-0.2, 0) is 4.79 Å². The molecule has 4 nitrogen and oxygen atoms in total. The van der Waals surface area contributed by atoms with Crippen LogP contribution in [0.3, 0.4) is 0 Å². The monoisotopic (exact) mass is 236 g/mol. The van der Waals surface area contributed by atoms with Gasteiger partial charge in [0.05, 0.1) is 0 Å². The number of hydrogen-bond acceptors (Lipinski definition) is 3. The Labute approximate surface area is 94.4 Å². The number of hydrogen-bond donors (Lipinski definition) is 1. The summed E-state index contributed by atoms with van der Waals surface area (Å²) >= 11 is 0. The van der Waals surface area contributed by atoms with Crippen molar-refractivity contribution in [1.82, 2.24) is 0 Å². The Kier molecular flexibility index (Phi) is 2.75. The summed E-state index contributed by atoms with van der Waals surface area (Å²) in [6, 6.07) is 8.17. The van der Waals surface area contributed by atoms with Crippen LogP contribution in [0.15, 0.2) is 28.7 Å². The molecule has 0 fully saturated rings. The first-order valence-electron chi connectivity index (χ1n) is 4.64. The summed E-state index contributed by atoms with van der Waals surface area (Å²) < 4.78 is 29.4. The van der Waals surface area contributed by atoms with Gasteiger partial charge in [-0.3, -0.25) is 4.79 Å². The van der Waals surface area contributed by atoms with E-state index in [9.17, 15) is 13.6 Å². The van der Waals surface area contributed by atoms with Gasteiger partial charge in [0.1, 0.15) is 17.3 Å². The predicted octanol–water partition coefficient (Wildman–Crippen LogP) is 2.51. The SMILES string of the molecule is N#Cc1oc2ccccc2c1NC(=O)C(F)F. The molecule has 17 heavy (non-hydrogen) atoms. The topological polar surface area (TPSA) is 66.0 Å². The van der Waals surface area contributed by atoms with E-state index in [4.69, 9.17) is 9.68 Å². The fourth-order valence-electron chi connectivity index (χ4n) is 1.43. The molecule has 0 unspecified atom stereocenters. The number of carbonyl (C=O) groups excluding carboxylic acids is 1. The molecule has 1 aromatic heterocycles. The molecule has 1 heterocycles. The maximum atomic E-state index is 12.1. The van der Waals surface area contributed by atoms with Crippen LogP contribution in [0, 0.1) is 11.3 Å². The average molecular weight is 236 g/mol. The second kappa shape index (κ2) is 4.22. The Hall–Kier alpha value is -2.42. The second-order valence-electron chi connectivity index (χ2n) is 3.20. The van der Waals surface area contributed by atoms with Gasteiger partial charge in [-0.2, -0.15) is 14.0 Å². The van der Waals surface area contributed by atoms with E-state index in [0.717, 1.165) is 0 Å². The number of furan rings is 1. The van der Waals surface area contributed by atoms with Gasteiger partial charge >= 0.3 is 6.43 Å². The number of rotatable bonds is 2. The molecule has 6 heteroatoms. The van der Waals surface area contributed by atoms with Gasteiger partial charge in [-0.05, 0) is 12.1 Å². The van der Waals surface area contributed by atoms with E-state index in [-0.39, 0.29) is 11.4 Å². The molecule has 0 aliphatic carbocycles. The highest BCUT2D eigenvalue weighted by molar-refractivity contribution is 6.03. The van der Waals surface area contributed by atoms with Crippen molar-refractivity contribution in [3.63, 3.8) is 0 Å². The molecule has 0 atom stereocenters. The van der Waals surface area contributed by atoms with E-state index in [1.54, 1.807) is 30.3 Å². The summed E-state index contributed by atoms with van der Waals surface area (Å²) in [4.78, 5) is 10.9. The molecule has 0 radical (unpaired) electrons. The standard InChI is InChI=1S/C11H6F2N2O2/c12-10(13)11(16)15-9-6-3-1-2-4-7(6)17-8(9)5-14/h1-4,10H,(H,15,16). The van der Waals surface area contributed by atoms with Crippen LogP contribution < -0.4 is 5.32 Å². The van der Waals surface area contributed by atoms with Crippen LogP contribution in [0.2, 0.25) is 0 Å². The molecule has 2 rings (SSSR count). The van der Waals surface area contributed by atoms with Crippen molar-refractivity contribution in [2.75, 3.05) is 5.32 Å². The molecule has 1 aromatic carbocycles. The average Bonchev–Trinajstić information content (AvgIpc) is 2.67. The van der Waals surface area contributed by atoms with Crippen molar-refractivity contribution in [1.29, 1.82) is 5.26 Å². The Balaban J connectivity index is 2.51. The first-order valence-corrected chi connectivity index (χ1v) is 4.64. The van der Waals surface area contributed by atoms with Crippen molar-refractivity contribution in [3.8, 4) is 6.07 Å². The minimum atomic E-state index is -3.14. The zero-order valence-electron chi connectivity index (χ0n) is 8.41. The van der Waals surface area contributed by atoms with Gasteiger partial charge in [0.15, 0.2) is 0 Å². The van der Waals surface area contributed by atoms with Crippen molar-refractivity contribution < 1.29 is 18.0 Å². The van der Waals surface area contributed by atoms with Gasteiger partial charge in [-0.25, -0.2) is 0 Å². The van der Waals surface area contributed by atoms with Crippen LogP contribution >= 0.6 is 0 Å². The summed E-state index contributed by atoms with van der Waals surface area (Å²) in [6.07, 6.45) is -3.14. The van der Waals surface area contributed by atoms with Crippen LogP contribution in [-0.4, -0.2) is 12.3 Å². The van der Waals surface area contributed by atoms with E-state index < -0.39 is 12.3 Å². The van der Waals surface area contributed by atoms with Crippen LogP contribution in [0.25, 0.3) is 11.0 Å². The summed E-state index contributed by atoms with van der Waals surface area (Å²) in [5.41, 5.74) is 0.335. The van der Waals surface area contributed by atoms with Crippen LogP contribution in [0.4, 0.5) is 14.5 Å². The van der Waals surface area contributed by atoms with Gasteiger partial charge in [0.25, 0.3) is 5.91 Å². The fraction of sp³-hybridized carbons (Fsp3) is 0.0909. The lowest BCUT2D eigenvalue weighted by Crippen LogP contribution is -2.20. The molecule has 0 saturated heterocycles. The molecule has 2 aromatic rings. The van der Waals surface area contributed by atoms with Crippen LogP contribution in [0.5, 0.6) is 0 Å². The van der Waals surface area contributed by atoms with E-state index >= 15 is 0 Å². The number of fused-ring (bicyclic) bond motifs is 1. The highest BCUT2D eigenvalue weighted by atomic mass is 19.3. The largest absolute Gasteiger partial charge is 0.443 e. The number of nitrogens with zero attached hydrogens (tertiary/aromatic N) is 1. The number of halogens is 2. The number of alkyl halides is 2. The first-order chi connectivity index (χ1) is 8.13. The third-order valence-corrected chi connectivity index (χ3v) is 2.14. The number of nitrogens with one attached hydrogen (secondary N) is 1. The lowest BCUT2D eigenvalue weighted by atomic mass is 10.2. The highest BCUT2D eigenvalue weighted by Crippen LogP contribution is 2.30. The molecular formula is C11H6F2N2O2. The Morgan fingerprint density at radius 1 is 1.41 bits per heavy atom. The van der Waals surface area contributed by atoms with E-state index in [0.29, 0.717) is 11.0 Å². The summed E-state index contributed by atoms with van der Waals surface area (Å²) in [5.74, 6) is -1.66. The second-order valence-corrected chi connectivity index (χ2v) is 3.20. The number of benzene rings is 1. The van der Waals surface area contributed by atoms with Crippen molar-refractivity contribution in [2.24, 2.45) is 0 Å². The molecule has 0 spiro atoms. The zero-order valence-corrected chi connectivity index (χ0v) is 8.41. The van der Waals surface area contributed by atoms with E-state index in [1.807, 2.05) is 5.32 Å². The van der Waals surface area contributed by atoms with Crippen LogP contribution in [0.1, 0.15) is 5.76 Å². The molecule has 1 N–H and O–H groups in total. The molecular weight excluding hydrogens is 230 g/mol. The maximum absolute atomic E-state index is 12.1. The summed E-state index contributed by atoms with van der Waals surface area (Å²) in [7, 11) is 0. The first kappa shape index (κ1) is 11.1. The fourth-order valence-corrected chi connectivity index (χ4v) is 1.43. The quantitative estimate of drug-likeness (QED) is 0.871. The van der Waals surface area contributed by atoms with Gasteiger partial charge in [-0.1, -0.05) is 12.1 Å². The Bertz CT molecular complexity index is 613. The zero-order chi connectivity index (χ0) is 12.4. The Morgan fingerprint density at radius 3 is 2.76 bits per heavy atom. The van der Waals surface area contributed by atoms with Gasteiger partial charge in [0.2, 0.25) is 5.76 Å². The number of nitriles is 1. The lowest BCUT2D eigenvalue weighted by molar-refractivity contribution is -0.126. The molecule has 0 aliphatic rings. The smallest absolute Gasteiger partial charge is 0.315 e. The molecule has 86 valence electrons. The number of carbonyl (C=O) groups is 1. The highest BCUT2D eigenvalue weighted by Gasteiger charge is 2.21. The van der Waals surface area contributed by atoms with Gasteiger partial charge in [0, 0.05) is 5.39 Å². The third-order valence-electron chi connectivity index (χ3n) is 2.14. The van der Waals surface area contributed by atoms with E-state index in [2.05, 4.69) is 0 Å². The molecule has 1 amide bonds. The number of amides is 1.